The summed E-state index contributed by atoms with van der Waals surface area (Å²) in [6.45, 7) is 5.79. The Morgan fingerprint density at radius 2 is 1.47 bits per heavy atom. The zero-order valence-corrected chi connectivity index (χ0v) is 11.1. The van der Waals surface area contributed by atoms with Crippen LogP contribution >= 0.6 is 0 Å². The standard InChI is InChI=1S/C10H11.2CH4O.Ti/c1-9(2)8-10-6-4-3-5-7-10;2*1-2;/h3-8H,1H2,2H3;2*2H,1H3;/q-1;;;. The SMILES string of the molecule is C=C(C)[CH-]c1ccccc1.CO.CO.[Ti]. The van der Waals surface area contributed by atoms with Crippen molar-refractivity contribution >= 4 is 0 Å². The van der Waals surface area contributed by atoms with Crippen LogP contribution in [0.5, 0.6) is 0 Å². The van der Waals surface area contributed by atoms with Crippen molar-refractivity contribution in [2.45, 2.75) is 6.92 Å². The van der Waals surface area contributed by atoms with Gasteiger partial charge in [0, 0.05) is 35.9 Å². The minimum atomic E-state index is 0. The molecule has 0 aliphatic heterocycles. The van der Waals surface area contributed by atoms with Crippen molar-refractivity contribution in [2.24, 2.45) is 0 Å². The van der Waals surface area contributed by atoms with Gasteiger partial charge in [-0.15, -0.1) is 41.8 Å². The Morgan fingerprint density at radius 1 is 1.07 bits per heavy atom. The van der Waals surface area contributed by atoms with E-state index in [9.17, 15) is 0 Å². The van der Waals surface area contributed by atoms with Crippen molar-refractivity contribution < 1.29 is 31.9 Å². The van der Waals surface area contributed by atoms with E-state index in [1.165, 1.54) is 5.56 Å². The van der Waals surface area contributed by atoms with E-state index >= 15 is 0 Å². The van der Waals surface area contributed by atoms with Gasteiger partial charge < -0.3 is 10.2 Å². The normalized spacial score (nSPS) is 6.73. The van der Waals surface area contributed by atoms with Crippen LogP contribution in [0.1, 0.15) is 12.5 Å². The Kier molecular flexibility index (Phi) is 21.2. The molecule has 0 heterocycles. The van der Waals surface area contributed by atoms with E-state index in [4.69, 9.17) is 10.2 Å². The number of aliphatic hydroxyl groups excluding tert-OH is 2. The third-order valence-electron chi connectivity index (χ3n) is 1.21. The van der Waals surface area contributed by atoms with Gasteiger partial charge in [0.1, 0.15) is 0 Å². The Balaban J connectivity index is -0.000000258. The Hall–Kier alpha value is -0.536. The van der Waals surface area contributed by atoms with Crippen molar-refractivity contribution in [2.75, 3.05) is 14.2 Å². The van der Waals surface area contributed by atoms with Crippen LogP contribution in [-0.2, 0) is 21.7 Å². The van der Waals surface area contributed by atoms with Crippen LogP contribution in [0.4, 0.5) is 0 Å². The van der Waals surface area contributed by atoms with Crippen molar-refractivity contribution in [1.82, 2.24) is 0 Å². The maximum absolute atomic E-state index is 7.00. The van der Waals surface area contributed by atoms with Gasteiger partial charge in [-0.3, -0.25) is 0 Å². The molecule has 0 aromatic heterocycles. The average Bonchev–Trinajstić information content (AvgIpc) is 2.24. The molecule has 0 amide bonds. The van der Waals surface area contributed by atoms with Gasteiger partial charge in [0.2, 0.25) is 0 Å². The second-order valence-corrected chi connectivity index (χ2v) is 2.40. The first-order valence-electron chi connectivity index (χ1n) is 4.24. The Bertz CT molecular complexity index is 222. The molecule has 3 heteroatoms. The number of benzene rings is 1. The molecule has 15 heavy (non-hydrogen) atoms. The summed E-state index contributed by atoms with van der Waals surface area (Å²) in [5.41, 5.74) is 2.31. The van der Waals surface area contributed by atoms with Gasteiger partial charge in [-0.25, -0.2) is 0 Å². The van der Waals surface area contributed by atoms with Gasteiger partial charge in [0.05, 0.1) is 0 Å². The minimum absolute atomic E-state index is 0. The third-order valence-corrected chi connectivity index (χ3v) is 1.21. The maximum Gasteiger partial charge on any atom is 0.0319 e. The first-order chi connectivity index (χ1) is 6.79. The molecule has 0 aliphatic rings. The number of hydrogen-bond donors (Lipinski definition) is 2. The van der Waals surface area contributed by atoms with E-state index in [2.05, 4.69) is 25.1 Å². The Labute approximate surface area is 108 Å². The fourth-order valence-electron chi connectivity index (χ4n) is 0.834. The van der Waals surface area contributed by atoms with Gasteiger partial charge in [0.25, 0.3) is 0 Å². The van der Waals surface area contributed by atoms with Gasteiger partial charge in [0.15, 0.2) is 0 Å². The molecule has 2 N–H and O–H groups in total. The number of hydrogen-bond acceptors (Lipinski definition) is 2. The summed E-state index contributed by atoms with van der Waals surface area (Å²) in [4.78, 5) is 0. The largest absolute Gasteiger partial charge is 0.400 e. The summed E-state index contributed by atoms with van der Waals surface area (Å²) in [7, 11) is 2.00. The van der Waals surface area contributed by atoms with Crippen LogP contribution in [-0.4, -0.2) is 24.4 Å². The Morgan fingerprint density at radius 3 is 1.80 bits per heavy atom. The van der Waals surface area contributed by atoms with Crippen LogP contribution in [0.25, 0.3) is 0 Å². The molecule has 0 bridgehead atoms. The predicted octanol–water partition coefficient (Wildman–Crippen LogP) is 2.03. The summed E-state index contributed by atoms with van der Waals surface area (Å²) in [5.74, 6) is 0. The summed E-state index contributed by atoms with van der Waals surface area (Å²) >= 11 is 0. The molecule has 0 saturated heterocycles. The number of rotatable bonds is 2. The van der Waals surface area contributed by atoms with Crippen LogP contribution < -0.4 is 0 Å². The molecule has 0 saturated carbocycles. The average molecular weight is 243 g/mol. The van der Waals surface area contributed by atoms with E-state index in [1.54, 1.807) is 0 Å². The van der Waals surface area contributed by atoms with Crippen LogP contribution in [0.15, 0.2) is 42.5 Å². The van der Waals surface area contributed by atoms with Crippen LogP contribution in [0.2, 0.25) is 0 Å². The third kappa shape index (κ3) is 13.5. The summed E-state index contributed by atoms with van der Waals surface area (Å²) in [5, 5.41) is 14.0. The van der Waals surface area contributed by atoms with E-state index in [1.807, 2.05) is 25.1 Å². The summed E-state index contributed by atoms with van der Waals surface area (Å²) in [6, 6.07) is 10.2. The van der Waals surface area contributed by atoms with Gasteiger partial charge >= 0.3 is 0 Å². The molecule has 84 valence electrons. The van der Waals surface area contributed by atoms with Crippen molar-refractivity contribution in [3.05, 3.63) is 54.5 Å². The van der Waals surface area contributed by atoms with E-state index in [0.717, 1.165) is 19.8 Å². The zero-order valence-electron chi connectivity index (χ0n) is 9.57. The molecule has 1 rings (SSSR count). The quantitative estimate of drug-likeness (QED) is 0.616. The first kappa shape index (κ1) is 20.0. The maximum atomic E-state index is 7.00. The van der Waals surface area contributed by atoms with Crippen LogP contribution in [0.3, 0.4) is 0 Å². The molecule has 0 spiro atoms. The molecular weight excluding hydrogens is 224 g/mol. The molecule has 0 aliphatic carbocycles. The smallest absolute Gasteiger partial charge is 0.0319 e. The van der Waals surface area contributed by atoms with E-state index in [0.29, 0.717) is 0 Å². The topological polar surface area (TPSA) is 40.5 Å². The monoisotopic (exact) mass is 243 g/mol. The molecule has 0 unspecified atom stereocenters. The van der Waals surface area contributed by atoms with Crippen LogP contribution in [0, 0.1) is 6.42 Å². The number of aliphatic hydroxyl groups is 2. The molecule has 2 nitrogen and oxygen atoms in total. The zero-order chi connectivity index (χ0) is 11.4. The van der Waals surface area contributed by atoms with E-state index < -0.39 is 0 Å². The van der Waals surface area contributed by atoms with Gasteiger partial charge in [-0.1, -0.05) is 13.0 Å². The predicted molar refractivity (Wildman–Crippen MR) is 60.9 cm³/mol. The molecule has 0 radical (unpaired) electrons. The molecular formula is C12H19O2Ti-. The number of allylic oxidation sites excluding steroid dienone is 1. The molecule has 0 atom stereocenters. The van der Waals surface area contributed by atoms with Crippen molar-refractivity contribution in [1.29, 1.82) is 0 Å². The van der Waals surface area contributed by atoms with Gasteiger partial charge in [-0.2, -0.15) is 6.58 Å². The minimum Gasteiger partial charge on any atom is -0.400 e. The second-order valence-electron chi connectivity index (χ2n) is 2.40. The first-order valence-corrected chi connectivity index (χ1v) is 4.24. The fourth-order valence-corrected chi connectivity index (χ4v) is 0.834. The van der Waals surface area contributed by atoms with Crippen molar-refractivity contribution in [3.63, 3.8) is 0 Å². The van der Waals surface area contributed by atoms with Gasteiger partial charge in [-0.05, 0) is 0 Å². The molecule has 1 aromatic rings. The molecule has 1 aromatic carbocycles. The second kappa shape index (κ2) is 15.9. The van der Waals surface area contributed by atoms with E-state index in [-0.39, 0.29) is 21.7 Å². The fraction of sp³-hybridized carbons (Fsp3) is 0.250. The summed E-state index contributed by atoms with van der Waals surface area (Å²) in [6.07, 6.45) is 2.06. The summed E-state index contributed by atoms with van der Waals surface area (Å²) < 4.78 is 0. The van der Waals surface area contributed by atoms with Crippen molar-refractivity contribution in [3.8, 4) is 0 Å². The molecule has 0 fully saturated rings.